The molecule has 1 heterocycles. The Kier molecular flexibility index (Phi) is 4.60. The third kappa shape index (κ3) is 3.40. The molecule has 0 aromatic heterocycles. The molecule has 1 atom stereocenters. The average Bonchev–Trinajstić information content (AvgIpc) is 2.42. The highest BCUT2D eigenvalue weighted by Gasteiger charge is 2.34. The molecule has 1 aromatic carbocycles. The van der Waals surface area contributed by atoms with Crippen molar-refractivity contribution in [1.82, 2.24) is 4.90 Å². The molecular formula is C16H21FN2O2. The molecule has 0 bridgehead atoms. The Morgan fingerprint density at radius 3 is 2.48 bits per heavy atom. The van der Waals surface area contributed by atoms with Crippen molar-refractivity contribution >= 4 is 17.5 Å². The maximum atomic E-state index is 13.0. The summed E-state index contributed by atoms with van der Waals surface area (Å²) in [5, 5.41) is 0. The normalized spacial score (nSPS) is 19.3. The molecule has 5 heteroatoms. The van der Waals surface area contributed by atoms with Gasteiger partial charge in [0, 0.05) is 25.2 Å². The predicted octanol–water partition coefficient (Wildman–Crippen LogP) is 2.44. The number of benzene rings is 1. The molecule has 114 valence electrons. The summed E-state index contributed by atoms with van der Waals surface area (Å²) in [6.45, 7) is 6.67. The number of amides is 2. The molecule has 0 aliphatic carbocycles. The third-order valence-corrected chi connectivity index (χ3v) is 3.70. The summed E-state index contributed by atoms with van der Waals surface area (Å²) in [5.74, 6) is -0.158. The molecule has 0 radical (unpaired) electrons. The van der Waals surface area contributed by atoms with Crippen molar-refractivity contribution in [2.45, 2.75) is 33.2 Å². The van der Waals surface area contributed by atoms with E-state index in [2.05, 4.69) is 0 Å². The van der Waals surface area contributed by atoms with Crippen LogP contribution in [0.25, 0.3) is 0 Å². The van der Waals surface area contributed by atoms with E-state index in [1.165, 1.54) is 12.1 Å². The Balaban J connectivity index is 2.10. The van der Waals surface area contributed by atoms with Crippen LogP contribution in [0.15, 0.2) is 24.3 Å². The zero-order valence-electron chi connectivity index (χ0n) is 12.7. The summed E-state index contributed by atoms with van der Waals surface area (Å²) in [6, 6.07) is 5.37. The first-order chi connectivity index (χ1) is 9.90. The van der Waals surface area contributed by atoms with Crippen molar-refractivity contribution in [2.75, 3.05) is 18.0 Å². The van der Waals surface area contributed by atoms with E-state index in [1.54, 1.807) is 28.9 Å². The monoisotopic (exact) mass is 292 g/mol. The number of anilines is 1. The molecular weight excluding hydrogens is 271 g/mol. The fraction of sp³-hybridized carbons (Fsp3) is 0.500. The van der Waals surface area contributed by atoms with Crippen LogP contribution in [0.2, 0.25) is 0 Å². The minimum absolute atomic E-state index is 0.0182. The van der Waals surface area contributed by atoms with Crippen LogP contribution in [-0.2, 0) is 9.59 Å². The molecule has 2 amide bonds. The molecule has 0 spiro atoms. The molecule has 1 aliphatic heterocycles. The van der Waals surface area contributed by atoms with Gasteiger partial charge in [-0.2, -0.15) is 0 Å². The summed E-state index contributed by atoms with van der Waals surface area (Å²) < 4.78 is 13.0. The Labute approximate surface area is 124 Å². The van der Waals surface area contributed by atoms with Gasteiger partial charge >= 0.3 is 0 Å². The lowest BCUT2D eigenvalue weighted by atomic mass is 10.1. The second kappa shape index (κ2) is 6.24. The van der Waals surface area contributed by atoms with E-state index in [-0.39, 0.29) is 23.5 Å². The van der Waals surface area contributed by atoms with Crippen LogP contribution in [0, 0.1) is 11.7 Å². The maximum absolute atomic E-state index is 13.0. The van der Waals surface area contributed by atoms with Crippen molar-refractivity contribution in [1.29, 1.82) is 0 Å². The number of nitrogens with zero attached hydrogens (tertiary/aromatic N) is 2. The van der Waals surface area contributed by atoms with Crippen LogP contribution in [0.5, 0.6) is 0 Å². The molecule has 1 saturated heterocycles. The van der Waals surface area contributed by atoms with Gasteiger partial charge in [-0.15, -0.1) is 0 Å². The third-order valence-electron chi connectivity index (χ3n) is 3.70. The van der Waals surface area contributed by atoms with Crippen molar-refractivity contribution in [2.24, 2.45) is 5.92 Å². The molecule has 1 aliphatic rings. The van der Waals surface area contributed by atoms with Gasteiger partial charge in [0.1, 0.15) is 11.9 Å². The second-order valence-electron chi connectivity index (χ2n) is 5.83. The summed E-state index contributed by atoms with van der Waals surface area (Å²) in [7, 11) is 0. The first-order valence-corrected chi connectivity index (χ1v) is 7.26. The first kappa shape index (κ1) is 15.5. The van der Waals surface area contributed by atoms with Crippen molar-refractivity contribution in [3.05, 3.63) is 30.1 Å². The van der Waals surface area contributed by atoms with Crippen LogP contribution in [0.4, 0.5) is 10.1 Å². The standard InChI is InChI=1S/C16H21FN2O2/c1-11(2)10-15(20)18-8-9-19(16(21)12(18)3)14-6-4-13(17)5-7-14/h4-7,11-12H,8-10H2,1-3H3/t12-/m0/s1. The Morgan fingerprint density at radius 1 is 1.29 bits per heavy atom. The van der Waals surface area contributed by atoms with E-state index in [4.69, 9.17) is 0 Å². The second-order valence-corrected chi connectivity index (χ2v) is 5.83. The zero-order valence-corrected chi connectivity index (χ0v) is 12.7. The highest BCUT2D eigenvalue weighted by molar-refractivity contribution is 6.00. The summed E-state index contributed by atoms with van der Waals surface area (Å²) in [6.07, 6.45) is 0.453. The Morgan fingerprint density at radius 2 is 1.90 bits per heavy atom. The quantitative estimate of drug-likeness (QED) is 0.858. The zero-order chi connectivity index (χ0) is 15.6. The molecule has 1 aromatic rings. The van der Waals surface area contributed by atoms with E-state index in [0.717, 1.165) is 0 Å². The topological polar surface area (TPSA) is 40.6 Å². The van der Waals surface area contributed by atoms with Crippen LogP contribution >= 0.6 is 0 Å². The van der Waals surface area contributed by atoms with Crippen LogP contribution in [-0.4, -0.2) is 35.8 Å². The van der Waals surface area contributed by atoms with Crippen molar-refractivity contribution < 1.29 is 14.0 Å². The summed E-state index contributed by atoms with van der Waals surface area (Å²) in [4.78, 5) is 27.9. The molecule has 2 rings (SSSR count). The largest absolute Gasteiger partial charge is 0.329 e. The molecule has 4 nitrogen and oxygen atoms in total. The van der Waals surface area contributed by atoms with Crippen molar-refractivity contribution in [3.8, 4) is 0 Å². The number of piperazine rings is 1. The number of carbonyl (C=O) groups is 2. The molecule has 0 N–H and O–H groups in total. The van der Waals surface area contributed by atoms with Gasteiger partial charge in [0.05, 0.1) is 0 Å². The highest BCUT2D eigenvalue weighted by atomic mass is 19.1. The number of hydrogen-bond donors (Lipinski definition) is 0. The first-order valence-electron chi connectivity index (χ1n) is 7.26. The lowest BCUT2D eigenvalue weighted by Crippen LogP contribution is -2.57. The van der Waals surface area contributed by atoms with E-state index in [0.29, 0.717) is 25.2 Å². The van der Waals surface area contributed by atoms with E-state index in [1.807, 2.05) is 13.8 Å². The minimum Gasteiger partial charge on any atom is -0.329 e. The van der Waals surface area contributed by atoms with Gasteiger partial charge in [-0.3, -0.25) is 9.59 Å². The summed E-state index contributed by atoms with van der Waals surface area (Å²) in [5.41, 5.74) is 0.671. The lowest BCUT2D eigenvalue weighted by molar-refractivity contribution is -0.141. The van der Waals surface area contributed by atoms with Gasteiger partial charge < -0.3 is 9.80 Å². The Bertz CT molecular complexity index is 528. The average molecular weight is 292 g/mol. The molecule has 21 heavy (non-hydrogen) atoms. The van der Waals surface area contributed by atoms with Crippen molar-refractivity contribution in [3.63, 3.8) is 0 Å². The van der Waals surface area contributed by atoms with E-state index in [9.17, 15) is 14.0 Å². The highest BCUT2D eigenvalue weighted by Crippen LogP contribution is 2.21. The van der Waals surface area contributed by atoms with E-state index >= 15 is 0 Å². The molecule has 1 fully saturated rings. The predicted molar refractivity (Wildman–Crippen MR) is 79.4 cm³/mol. The van der Waals surface area contributed by atoms with Gasteiger partial charge in [-0.25, -0.2) is 4.39 Å². The molecule has 0 unspecified atom stereocenters. The lowest BCUT2D eigenvalue weighted by Gasteiger charge is -2.39. The fourth-order valence-corrected chi connectivity index (χ4v) is 2.55. The van der Waals surface area contributed by atoms with Crippen LogP contribution in [0.3, 0.4) is 0 Å². The van der Waals surface area contributed by atoms with Gasteiger partial charge in [0.15, 0.2) is 0 Å². The maximum Gasteiger partial charge on any atom is 0.249 e. The number of halogens is 1. The number of hydrogen-bond acceptors (Lipinski definition) is 2. The SMILES string of the molecule is CC(C)CC(=O)N1CCN(c2ccc(F)cc2)C(=O)[C@@H]1C. The Hall–Kier alpha value is -1.91. The fourth-order valence-electron chi connectivity index (χ4n) is 2.55. The van der Waals surface area contributed by atoms with Crippen LogP contribution < -0.4 is 4.90 Å². The van der Waals surface area contributed by atoms with Gasteiger partial charge in [0.25, 0.3) is 0 Å². The minimum atomic E-state index is -0.477. The van der Waals surface area contributed by atoms with Gasteiger partial charge in [0.2, 0.25) is 11.8 Å². The van der Waals surface area contributed by atoms with Crippen LogP contribution in [0.1, 0.15) is 27.2 Å². The summed E-state index contributed by atoms with van der Waals surface area (Å²) >= 11 is 0. The number of carbonyl (C=O) groups excluding carboxylic acids is 2. The number of rotatable bonds is 3. The van der Waals surface area contributed by atoms with E-state index < -0.39 is 6.04 Å². The smallest absolute Gasteiger partial charge is 0.249 e. The van der Waals surface area contributed by atoms with Gasteiger partial charge in [-0.05, 0) is 37.1 Å². The molecule has 0 saturated carbocycles. The van der Waals surface area contributed by atoms with Gasteiger partial charge in [-0.1, -0.05) is 13.8 Å².